The van der Waals surface area contributed by atoms with Crippen LogP contribution in [0.3, 0.4) is 0 Å². The lowest BCUT2D eigenvalue weighted by molar-refractivity contribution is 0.0129. The minimum absolute atomic E-state index is 0.322. The van der Waals surface area contributed by atoms with Crippen molar-refractivity contribution in [1.82, 2.24) is 5.32 Å². The average Bonchev–Trinajstić information content (AvgIpc) is 2.56. The van der Waals surface area contributed by atoms with Crippen molar-refractivity contribution in [3.05, 3.63) is 0 Å². The second-order valence-electron chi connectivity index (χ2n) is 5.08. The van der Waals surface area contributed by atoms with Gasteiger partial charge in [-0.05, 0) is 38.6 Å². The molecule has 16 heavy (non-hydrogen) atoms. The van der Waals surface area contributed by atoms with Crippen LogP contribution in [0.4, 0.5) is 0 Å². The van der Waals surface area contributed by atoms with Crippen molar-refractivity contribution in [3.63, 3.8) is 0 Å². The zero-order chi connectivity index (χ0) is 11.6. The third kappa shape index (κ3) is 3.43. The quantitative estimate of drug-likeness (QED) is 0.792. The summed E-state index contributed by atoms with van der Waals surface area (Å²) in [5.74, 6) is 1.07. The molecule has 4 nitrogen and oxygen atoms in total. The molecule has 94 valence electrons. The van der Waals surface area contributed by atoms with Gasteiger partial charge in [0.15, 0.2) is 9.84 Å². The SMILES string of the molecule is CC1CC(NCC2CCS(=O)(=O)C2)CCO1. The number of hydrogen-bond acceptors (Lipinski definition) is 4. The molecule has 0 amide bonds. The van der Waals surface area contributed by atoms with Gasteiger partial charge in [-0.25, -0.2) is 8.42 Å². The molecule has 1 N–H and O–H groups in total. The van der Waals surface area contributed by atoms with Gasteiger partial charge >= 0.3 is 0 Å². The Labute approximate surface area is 97.7 Å². The second-order valence-corrected chi connectivity index (χ2v) is 7.31. The zero-order valence-corrected chi connectivity index (χ0v) is 10.6. The molecule has 0 bridgehead atoms. The third-order valence-corrected chi connectivity index (χ3v) is 5.34. The van der Waals surface area contributed by atoms with E-state index in [4.69, 9.17) is 4.74 Å². The Morgan fingerprint density at radius 1 is 1.38 bits per heavy atom. The lowest BCUT2D eigenvalue weighted by Gasteiger charge is -2.28. The van der Waals surface area contributed by atoms with E-state index in [9.17, 15) is 8.42 Å². The molecule has 0 aliphatic carbocycles. The largest absolute Gasteiger partial charge is 0.378 e. The maximum Gasteiger partial charge on any atom is 0.150 e. The first-order chi connectivity index (χ1) is 7.55. The fourth-order valence-electron chi connectivity index (χ4n) is 2.55. The van der Waals surface area contributed by atoms with Gasteiger partial charge in [0.2, 0.25) is 0 Å². The van der Waals surface area contributed by atoms with Crippen molar-refractivity contribution in [2.45, 2.75) is 38.3 Å². The Morgan fingerprint density at radius 2 is 2.19 bits per heavy atom. The van der Waals surface area contributed by atoms with Gasteiger partial charge in [-0.3, -0.25) is 0 Å². The predicted octanol–water partition coefficient (Wildman–Crippen LogP) is 0.578. The van der Waals surface area contributed by atoms with Crippen molar-refractivity contribution in [2.75, 3.05) is 24.7 Å². The van der Waals surface area contributed by atoms with E-state index in [1.54, 1.807) is 0 Å². The van der Waals surface area contributed by atoms with Crippen molar-refractivity contribution in [1.29, 1.82) is 0 Å². The summed E-state index contributed by atoms with van der Waals surface area (Å²) in [6.07, 6.45) is 3.25. The first kappa shape index (κ1) is 12.3. The molecular formula is C11H21NO3S. The minimum atomic E-state index is -2.72. The van der Waals surface area contributed by atoms with E-state index in [0.29, 0.717) is 29.6 Å². The number of sulfone groups is 1. The Morgan fingerprint density at radius 3 is 2.81 bits per heavy atom. The van der Waals surface area contributed by atoms with E-state index in [-0.39, 0.29) is 0 Å². The number of rotatable bonds is 3. The topological polar surface area (TPSA) is 55.4 Å². The molecule has 2 rings (SSSR count). The van der Waals surface area contributed by atoms with Gasteiger partial charge in [0, 0.05) is 12.6 Å². The Balaban J connectivity index is 1.71. The van der Waals surface area contributed by atoms with Gasteiger partial charge in [-0.1, -0.05) is 0 Å². The fraction of sp³-hybridized carbons (Fsp3) is 1.00. The van der Waals surface area contributed by atoms with E-state index in [1.165, 1.54) is 0 Å². The lowest BCUT2D eigenvalue weighted by atomic mass is 10.0. The summed E-state index contributed by atoms with van der Waals surface area (Å²) in [6, 6.07) is 0.507. The summed E-state index contributed by atoms with van der Waals surface area (Å²) < 4.78 is 28.1. The van der Waals surface area contributed by atoms with Crippen LogP contribution in [-0.2, 0) is 14.6 Å². The zero-order valence-electron chi connectivity index (χ0n) is 9.81. The normalized spacial score (nSPS) is 38.7. The molecule has 0 saturated carbocycles. The molecule has 2 heterocycles. The summed E-state index contributed by atoms with van der Waals surface area (Å²) in [6.45, 7) is 3.76. The van der Waals surface area contributed by atoms with Gasteiger partial charge in [0.1, 0.15) is 0 Å². The summed E-state index contributed by atoms with van der Waals surface area (Å²) in [7, 11) is -2.72. The first-order valence-electron chi connectivity index (χ1n) is 6.10. The molecular weight excluding hydrogens is 226 g/mol. The van der Waals surface area contributed by atoms with Crippen LogP contribution in [0.5, 0.6) is 0 Å². The maximum atomic E-state index is 11.3. The highest BCUT2D eigenvalue weighted by Gasteiger charge is 2.28. The fourth-order valence-corrected chi connectivity index (χ4v) is 4.41. The molecule has 2 aliphatic rings. The molecule has 2 aliphatic heterocycles. The molecule has 0 radical (unpaired) electrons. The maximum absolute atomic E-state index is 11.3. The van der Waals surface area contributed by atoms with Gasteiger partial charge in [0.05, 0.1) is 17.6 Å². The van der Waals surface area contributed by atoms with Crippen molar-refractivity contribution in [2.24, 2.45) is 5.92 Å². The Hall–Kier alpha value is -0.130. The van der Waals surface area contributed by atoms with Gasteiger partial charge in [-0.2, -0.15) is 0 Å². The third-order valence-electron chi connectivity index (χ3n) is 3.51. The minimum Gasteiger partial charge on any atom is -0.378 e. The smallest absolute Gasteiger partial charge is 0.150 e. The van der Waals surface area contributed by atoms with Gasteiger partial charge in [0.25, 0.3) is 0 Å². The molecule has 0 spiro atoms. The summed E-state index contributed by atoms with van der Waals surface area (Å²) in [5.41, 5.74) is 0. The molecule has 0 aromatic heterocycles. The standard InChI is InChI=1S/C11H21NO3S/c1-9-6-11(2-4-15-9)12-7-10-3-5-16(13,14)8-10/h9-12H,2-8H2,1H3. The molecule has 3 atom stereocenters. The lowest BCUT2D eigenvalue weighted by Crippen LogP contribution is -2.40. The van der Waals surface area contributed by atoms with Crippen LogP contribution in [0, 0.1) is 5.92 Å². The molecule has 3 unspecified atom stereocenters. The number of ether oxygens (including phenoxy) is 1. The monoisotopic (exact) mass is 247 g/mol. The van der Waals surface area contributed by atoms with Crippen LogP contribution in [0.2, 0.25) is 0 Å². The Kier molecular flexibility index (Phi) is 3.87. The highest BCUT2D eigenvalue weighted by Crippen LogP contribution is 2.19. The molecule has 5 heteroatoms. The Bertz CT molecular complexity index is 328. The molecule has 2 saturated heterocycles. The van der Waals surface area contributed by atoms with Gasteiger partial charge < -0.3 is 10.1 Å². The van der Waals surface area contributed by atoms with Crippen LogP contribution >= 0.6 is 0 Å². The van der Waals surface area contributed by atoms with Gasteiger partial charge in [-0.15, -0.1) is 0 Å². The van der Waals surface area contributed by atoms with Crippen LogP contribution in [0.25, 0.3) is 0 Å². The number of hydrogen-bond donors (Lipinski definition) is 1. The average molecular weight is 247 g/mol. The van der Waals surface area contributed by atoms with E-state index in [2.05, 4.69) is 12.2 Å². The van der Waals surface area contributed by atoms with E-state index < -0.39 is 9.84 Å². The van der Waals surface area contributed by atoms with E-state index in [0.717, 1.165) is 32.4 Å². The first-order valence-corrected chi connectivity index (χ1v) is 7.93. The highest BCUT2D eigenvalue weighted by atomic mass is 32.2. The molecule has 2 fully saturated rings. The summed E-state index contributed by atoms with van der Waals surface area (Å²) in [5, 5.41) is 3.49. The summed E-state index contributed by atoms with van der Waals surface area (Å²) >= 11 is 0. The summed E-state index contributed by atoms with van der Waals surface area (Å²) in [4.78, 5) is 0. The molecule has 0 aromatic rings. The van der Waals surface area contributed by atoms with Crippen LogP contribution < -0.4 is 5.32 Å². The van der Waals surface area contributed by atoms with Crippen molar-refractivity contribution >= 4 is 9.84 Å². The van der Waals surface area contributed by atoms with E-state index in [1.807, 2.05) is 0 Å². The van der Waals surface area contributed by atoms with Crippen molar-refractivity contribution in [3.8, 4) is 0 Å². The second kappa shape index (κ2) is 5.02. The van der Waals surface area contributed by atoms with E-state index >= 15 is 0 Å². The van der Waals surface area contributed by atoms with Crippen LogP contribution in [0.15, 0.2) is 0 Å². The number of nitrogens with one attached hydrogen (secondary N) is 1. The predicted molar refractivity (Wildman–Crippen MR) is 63.2 cm³/mol. The van der Waals surface area contributed by atoms with Crippen LogP contribution in [-0.4, -0.2) is 45.2 Å². The highest BCUT2D eigenvalue weighted by molar-refractivity contribution is 7.91. The van der Waals surface area contributed by atoms with Crippen LogP contribution in [0.1, 0.15) is 26.2 Å². The van der Waals surface area contributed by atoms with Crippen molar-refractivity contribution < 1.29 is 13.2 Å². The molecule has 0 aromatic carbocycles.